The fourth-order valence-electron chi connectivity index (χ4n) is 3.58. The fourth-order valence-corrected chi connectivity index (χ4v) is 3.58. The number of rotatable bonds is 4. The molecule has 0 radical (unpaired) electrons. The van der Waals surface area contributed by atoms with E-state index in [0.29, 0.717) is 19.6 Å². The van der Waals surface area contributed by atoms with E-state index in [2.05, 4.69) is 15.2 Å². The quantitative estimate of drug-likeness (QED) is 0.890. The van der Waals surface area contributed by atoms with Gasteiger partial charge in [0.15, 0.2) is 0 Å². The minimum Gasteiger partial charge on any atom is -0.497 e. The Balaban J connectivity index is 1.42. The summed E-state index contributed by atoms with van der Waals surface area (Å²) in [5.74, 6) is 1.47. The second-order valence-electron chi connectivity index (χ2n) is 6.90. The lowest BCUT2D eigenvalue weighted by Gasteiger charge is -2.28. The molecule has 0 bridgehead atoms. The average molecular weight is 368 g/mol. The maximum Gasteiger partial charge on any atom is 0.227 e. The lowest BCUT2D eigenvalue weighted by atomic mass is 9.86. The van der Waals surface area contributed by atoms with Crippen molar-refractivity contribution in [2.24, 2.45) is 5.92 Å². The highest BCUT2D eigenvalue weighted by molar-refractivity contribution is 5.93. The third-order valence-electron chi connectivity index (χ3n) is 5.14. The van der Waals surface area contributed by atoms with Crippen LogP contribution in [0.15, 0.2) is 30.5 Å². The molecule has 1 aliphatic carbocycles. The summed E-state index contributed by atoms with van der Waals surface area (Å²) < 4.78 is 10.6. The minimum absolute atomic E-state index is 0.0335. The van der Waals surface area contributed by atoms with E-state index in [4.69, 9.17) is 14.5 Å². The molecule has 1 aliphatic heterocycles. The third kappa shape index (κ3) is 4.03. The van der Waals surface area contributed by atoms with E-state index in [1.807, 2.05) is 30.5 Å². The first-order valence-corrected chi connectivity index (χ1v) is 9.35. The molecule has 0 spiro atoms. The Morgan fingerprint density at radius 3 is 3.00 bits per heavy atom. The smallest absolute Gasteiger partial charge is 0.227 e. The number of benzene rings is 1. The van der Waals surface area contributed by atoms with Crippen LogP contribution in [-0.4, -0.2) is 49.3 Å². The summed E-state index contributed by atoms with van der Waals surface area (Å²) in [4.78, 5) is 24.1. The van der Waals surface area contributed by atoms with Crippen molar-refractivity contribution in [2.75, 3.05) is 43.6 Å². The normalized spacial score (nSPS) is 19.3. The van der Waals surface area contributed by atoms with Gasteiger partial charge in [-0.25, -0.2) is 9.97 Å². The largest absolute Gasteiger partial charge is 0.497 e. The molecule has 1 aromatic heterocycles. The fraction of sp³-hybridized carbons (Fsp3) is 0.450. The van der Waals surface area contributed by atoms with E-state index in [1.165, 1.54) is 0 Å². The Morgan fingerprint density at radius 2 is 2.19 bits per heavy atom. The summed E-state index contributed by atoms with van der Waals surface area (Å²) >= 11 is 0. The molecule has 7 nitrogen and oxygen atoms in total. The molecule has 1 saturated heterocycles. The molecule has 4 rings (SSSR count). The van der Waals surface area contributed by atoms with Crippen molar-refractivity contribution in [1.82, 2.24) is 9.97 Å². The first-order valence-electron chi connectivity index (χ1n) is 9.35. The zero-order valence-corrected chi connectivity index (χ0v) is 15.5. The van der Waals surface area contributed by atoms with Crippen molar-refractivity contribution in [3.8, 4) is 5.75 Å². The number of nitrogens with zero attached hydrogens (tertiary/aromatic N) is 3. The van der Waals surface area contributed by atoms with Crippen LogP contribution in [0, 0.1) is 5.92 Å². The van der Waals surface area contributed by atoms with E-state index >= 15 is 0 Å². The molecular weight excluding hydrogens is 344 g/mol. The molecule has 2 aliphatic rings. The molecule has 0 saturated carbocycles. The van der Waals surface area contributed by atoms with Gasteiger partial charge in [-0.3, -0.25) is 4.79 Å². The number of amides is 1. The molecule has 27 heavy (non-hydrogen) atoms. The summed E-state index contributed by atoms with van der Waals surface area (Å²) in [6.45, 7) is 3.08. The van der Waals surface area contributed by atoms with E-state index in [0.717, 1.165) is 54.6 Å². The molecule has 1 unspecified atom stereocenters. The van der Waals surface area contributed by atoms with Gasteiger partial charge in [0.05, 0.1) is 20.3 Å². The van der Waals surface area contributed by atoms with Gasteiger partial charge >= 0.3 is 0 Å². The summed E-state index contributed by atoms with van der Waals surface area (Å²) in [6, 6.07) is 7.42. The van der Waals surface area contributed by atoms with Gasteiger partial charge in [0.2, 0.25) is 11.9 Å². The third-order valence-corrected chi connectivity index (χ3v) is 5.14. The van der Waals surface area contributed by atoms with Crippen molar-refractivity contribution < 1.29 is 14.3 Å². The maximum absolute atomic E-state index is 12.7. The Bertz CT molecular complexity index is 821. The first kappa shape index (κ1) is 17.7. The predicted molar refractivity (Wildman–Crippen MR) is 102 cm³/mol. The van der Waals surface area contributed by atoms with Crippen molar-refractivity contribution in [3.05, 3.63) is 41.7 Å². The van der Waals surface area contributed by atoms with Crippen molar-refractivity contribution >= 4 is 17.5 Å². The van der Waals surface area contributed by atoms with Crippen LogP contribution < -0.4 is 15.0 Å². The number of morpholine rings is 1. The molecule has 1 aromatic carbocycles. The monoisotopic (exact) mass is 368 g/mol. The number of methoxy groups -OCH3 is 1. The highest BCUT2D eigenvalue weighted by Gasteiger charge is 2.27. The number of anilines is 2. The lowest BCUT2D eigenvalue weighted by molar-refractivity contribution is -0.120. The predicted octanol–water partition coefficient (Wildman–Crippen LogP) is 2.07. The molecule has 1 fully saturated rings. The van der Waals surface area contributed by atoms with E-state index in [1.54, 1.807) is 7.11 Å². The standard InChI is InChI=1S/C20H24N4O3/c1-26-17-4-2-3-16(12-17)22-19(25)14-5-6-18-15(11-14)13-21-20(23-18)24-7-9-27-10-8-24/h2-4,12-14H,5-11H2,1H3,(H,22,25). The van der Waals surface area contributed by atoms with Crippen LogP contribution in [0.25, 0.3) is 0 Å². The second-order valence-corrected chi connectivity index (χ2v) is 6.90. The van der Waals surface area contributed by atoms with Gasteiger partial charge in [-0.05, 0) is 37.0 Å². The highest BCUT2D eigenvalue weighted by Crippen LogP contribution is 2.27. The second kappa shape index (κ2) is 7.92. The zero-order valence-electron chi connectivity index (χ0n) is 15.5. The van der Waals surface area contributed by atoms with Gasteiger partial charge in [-0.2, -0.15) is 0 Å². The molecule has 2 heterocycles. The number of carbonyl (C=O) groups excluding carboxylic acids is 1. The van der Waals surface area contributed by atoms with Crippen molar-refractivity contribution in [1.29, 1.82) is 0 Å². The molecular formula is C20H24N4O3. The van der Waals surface area contributed by atoms with Gasteiger partial charge in [0.25, 0.3) is 0 Å². The maximum atomic E-state index is 12.7. The van der Waals surface area contributed by atoms with E-state index < -0.39 is 0 Å². The molecule has 1 atom stereocenters. The number of aryl methyl sites for hydroxylation is 1. The topological polar surface area (TPSA) is 76.6 Å². The summed E-state index contributed by atoms with van der Waals surface area (Å²) in [5, 5.41) is 3.00. The highest BCUT2D eigenvalue weighted by atomic mass is 16.5. The molecule has 1 N–H and O–H groups in total. The Morgan fingerprint density at radius 1 is 1.33 bits per heavy atom. The SMILES string of the molecule is COc1cccc(NC(=O)C2CCc3nc(N4CCOCC4)ncc3C2)c1. The van der Waals surface area contributed by atoms with Crippen LogP contribution in [0.3, 0.4) is 0 Å². The number of carbonyl (C=O) groups is 1. The number of hydrogen-bond acceptors (Lipinski definition) is 6. The van der Waals surface area contributed by atoms with Crippen LogP contribution >= 0.6 is 0 Å². The molecule has 2 aromatic rings. The molecule has 1 amide bonds. The Kier molecular flexibility index (Phi) is 5.20. The summed E-state index contributed by atoms with van der Waals surface area (Å²) in [6.07, 6.45) is 4.15. The number of ether oxygens (including phenoxy) is 2. The Hall–Kier alpha value is -2.67. The minimum atomic E-state index is -0.0680. The Labute approximate surface area is 158 Å². The number of aromatic nitrogens is 2. The van der Waals surface area contributed by atoms with Gasteiger partial charge in [0.1, 0.15) is 5.75 Å². The van der Waals surface area contributed by atoms with Crippen LogP contribution in [0.5, 0.6) is 5.75 Å². The van der Waals surface area contributed by atoms with Gasteiger partial charge < -0.3 is 19.7 Å². The van der Waals surface area contributed by atoms with Gasteiger partial charge in [-0.15, -0.1) is 0 Å². The zero-order chi connectivity index (χ0) is 18.6. The van der Waals surface area contributed by atoms with Crippen molar-refractivity contribution in [3.63, 3.8) is 0 Å². The van der Waals surface area contributed by atoms with E-state index in [9.17, 15) is 4.79 Å². The molecule has 142 valence electrons. The van der Waals surface area contributed by atoms with E-state index in [-0.39, 0.29) is 11.8 Å². The molecule has 7 heteroatoms. The van der Waals surface area contributed by atoms with Crippen LogP contribution in [0.4, 0.5) is 11.6 Å². The number of fused-ring (bicyclic) bond motifs is 1. The first-order chi connectivity index (χ1) is 13.2. The van der Waals surface area contributed by atoms with Crippen molar-refractivity contribution in [2.45, 2.75) is 19.3 Å². The van der Waals surface area contributed by atoms with Gasteiger partial charge in [0, 0.05) is 42.7 Å². The number of nitrogens with one attached hydrogen (secondary N) is 1. The van der Waals surface area contributed by atoms with Crippen LogP contribution in [0.1, 0.15) is 17.7 Å². The number of hydrogen-bond donors (Lipinski definition) is 1. The summed E-state index contributed by atoms with van der Waals surface area (Å²) in [7, 11) is 1.62. The van der Waals surface area contributed by atoms with Gasteiger partial charge in [-0.1, -0.05) is 6.07 Å². The van der Waals surface area contributed by atoms with Crippen LogP contribution in [0.2, 0.25) is 0 Å². The van der Waals surface area contributed by atoms with Crippen LogP contribution in [-0.2, 0) is 22.4 Å². The average Bonchev–Trinajstić information content (AvgIpc) is 2.73. The lowest BCUT2D eigenvalue weighted by Crippen LogP contribution is -2.38. The summed E-state index contributed by atoms with van der Waals surface area (Å²) in [5.41, 5.74) is 2.89.